The molecule has 0 aliphatic carbocycles. The van der Waals surface area contributed by atoms with Crippen LogP contribution in [0.25, 0.3) is 22.2 Å². The molecular weight excluding hydrogens is 422 g/mol. The van der Waals surface area contributed by atoms with E-state index in [1.165, 1.54) is 12.1 Å². The highest BCUT2D eigenvalue weighted by atomic mass is 32.2. The lowest BCUT2D eigenvalue weighted by atomic mass is 9.97. The molecule has 7 nitrogen and oxygen atoms in total. The predicted molar refractivity (Wildman–Crippen MR) is 120 cm³/mol. The van der Waals surface area contributed by atoms with Gasteiger partial charge < -0.3 is 9.97 Å². The van der Waals surface area contributed by atoms with Crippen LogP contribution in [0.15, 0.2) is 55.6 Å². The van der Waals surface area contributed by atoms with E-state index in [0.717, 1.165) is 22.3 Å². The number of anilines is 1. The number of nitrogens with one attached hydrogen (secondary N) is 3. The first-order valence-corrected chi connectivity index (χ1v) is 11.5. The Balaban J connectivity index is 1.76. The first-order chi connectivity index (χ1) is 14.2. The number of aromatic amines is 2. The highest BCUT2D eigenvalue weighted by molar-refractivity contribution is 7.92. The summed E-state index contributed by atoms with van der Waals surface area (Å²) in [5.74, 6) is 0. The lowest BCUT2D eigenvalue weighted by molar-refractivity contribution is 0.600. The van der Waals surface area contributed by atoms with Crippen molar-refractivity contribution >= 4 is 38.1 Å². The molecule has 0 aliphatic heterocycles. The number of rotatable bonds is 4. The number of sulfonamides is 1. The number of fused-ring (bicyclic) bond motifs is 1. The van der Waals surface area contributed by atoms with E-state index in [4.69, 9.17) is 0 Å². The Kier molecular flexibility index (Phi) is 4.87. The molecule has 4 aromatic rings. The van der Waals surface area contributed by atoms with Crippen molar-refractivity contribution in [3.05, 3.63) is 78.5 Å². The molecule has 4 rings (SSSR count). The summed E-state index contributed by atoms with van der Waals surface area (Å²) in [6.45, 7) is 5.52. The first-order valence-electron chi connectivity index (χ1n) is 9.09. The van der Waals surface area contributed by atoms with Crippen molar-refractivity contribution in [2.75, 3.05) is 4.72 Å². The van der Waals surface area contributed by atoms with E-state index in [1.54, 1.807) is 30.4 Å². The summed E-state index contributed by atoms with van der Waals surface area (Å²) in [4.78, 5) is 28.0. The van der Waals surface area contributed by atoms with Gasteiger partial charge in [-0.25, -0.2) is 8.42 Å². The van der Waals surface area contributed by atoms with Gasteiger partial charge in [0.1, 0.15) is 0 Å². The molecule has 0 saturated heterocycles. The number of thiophene rings is 1. The molecule has 154 valence electrons. The van der Waals surface area contributed by atoms with Gasteiger partial charge in [-0.3, -0.25) is 14.3 Å². The lowest BCUT2D eigenvalue weighted by Crippen LogP contribution is -2.29. The minimum Gasteiger partial charge on any atom is -0.316 e. The van der Waals surface area contributed by atoms with E-state index in [0.29, 0.717) is 16.8 Å². The van der Waals surface area contributed by atoms with Crippen LogP contribution < -0.4 is 15.8 Å². The van der Waals surface area contributed by atoms with Crippen LogP contribution in [0, 0.1) is 20.8 Å². The lowest BCUT2D eigenvalue weighted by Gasteiger charge is -2.15. The molecule has 2 heterocycles. The van der Waals surface area contributed by atoms with Gasteiger partial charge in [0.25, 0.3) is 10.0 Å². The fourth-order valence-electron chi connectivity index (χ4n) is 3.64. The van der Waals surface area contributed by atoms with Crippen molar-refractivity contribution in [2.24, 2.45) is 0 Å². The fraction of sp³-hybridized carbons (Fsp3) is 0.143. The Morgan fingerprint density at radius 3 is 2.03 bits per heavy atom. The SMILES string of the molecule is Cc1cc2[nH]c(=O)c(=O)[nH]c2cc1S(=O)(=O)Nc1cc(C)c(-c2ccsc2)c(C)c1. The smallest absolute Gasteiger partial charge is 0.314 e. The maximum absolute atomic E-state index is 13.1. The monoisotopic (exact) mass is 441 g/mol. The van der Waals surface area contributed by atoms with Crippen LogP contribution >= 0.6 is 11.3 Å². The molecule has 9 heteroatoms. The van der Waals surface area contributed by atoms with Crippen molar-refractivity contribution in [1.82, 2.24) is 9.97 Å². The van der Waals surface area contributed by atoms with E-state index >= 15 is 0 Å². The van der Waals surface area contributed by atoms with Crippen molar-refractivity contribution in [2.45, 2.75) is 25.7 Å². The van der Waals surface area contributed by atoms with E-state index in [2.05, 4.69) is 20.1 Å². The minimum absolute atomic E-state index is 0.0231. The van der Waals surface area contributed by atoms with Crippen LogP contribution in [0.5, 0.6) is 0 Å². The third kappa shape index (κ3) is 3.57. The number of aromatic nitrogens is 2. The number of aryl methyl sites for hydroxylation is 3. The molecule has 0 radical (unpaired) electrons. The second-order valence-electron chi connectivity index (χ2n) is 7.17. The second-order valence-corrected chi connectivity index (χ2v) is 9.60. The van der Waals surface area contributed by atoms with Crippen LogP contribution in [0.4, 0.5) is 5.69 Å². The molecule has 0 atom stereocenters. The van der Waals surface area contributed by atoms with E-state index in [1.807, 2.05) is 25.3 Å². The van der Waals surface area contributed by atoms with Crippen molar-refractivity contribution in [1.29, 1.82) is 0 Å². The van der Waals surface area contributed by atoms with Gasteiger partial charge in [0.05, 0.1) is 15.9 Å². The van der Waals surface area contributed by atoms with Gasteiger partial charge in [-0.05, 0) is 89.7 Å². The molecule has 0 bridgehead atoms. The van der Waals surface area contributed by atoms with Gasteiger partial charge in [0.15, 0.2) is 0 Å². The Hall–Kier alpha value is -3.17. The number of H-pyrrole nitrogens is 2. The molecule has 2 aromatic carbocycles. The average molecular weight is 442 g/mol. The molecule has 0 spiro atoms. The van der Waals surface area contributed by atoms with Crippen molar-refractivity contribution < 1.29 is 8.42 Å². The topological polar surface area (TPSA) is 112 Å². The number of hydrogen-bond donors (Lipinski definition) is 3. The summed E-state index contributed by atoms with van der Waals surface area (Å²) in [7, 11) is -3.92. The maximum atomic E-state index is 13.1. The standard InChI is InChI=1S/C21H19N3O4S2/c1-11-8-16-17(23-21(26)20(25)22-16)9-18(11)30(27,28)24-15-6-12(2)19(13(3)7-15)14-4-5-29-10-14/h4-10,24H,1-3H3,(H,22,25)(H,23,26). The Morgan fingerprint density at radius 2 is 1.47 bits per heavy atom. The first kappa shape index (κ1) is 20.1. The molecule has 2 aromatic heterocycles. The van der Waals surface area contributed by atoms with Crippen LogP contribution in [-0.2, 0) is 10.0 Å². The van der Waals surface area contributed by atoms with Crippen molar-refractivity contribution in [3.63, 3.8) is 0 Å². The summed E-state index contributed by atoms with van der Waals surface area (Å²) in [6.07, 6.45) is 0. The van der Waals surface area contributed by atoms with E-state index < -0.39 is 21.1 Å². The third-order valence-electron chi connectivity index (χ3n) is 4.90. The zero-order valence-corrected chi connectivity index (χ0v) is 18.1. The van der Waals surface area contributed by atoms with Gasteiger partial charge in [-0.15, -0.1) is 0 Å². The molecule has 0 unspecified atom stereocenters. The molecule has 30 heavy (non-hydrogen) atoms. The molecule has 0 fully saturated rings. The quantitative estimate of drug-likeness (QED) is 0.420. The summed E-state index contributed by atoms with van der Waals surface area (Å²) in [5, 5.41) is 4.06. The van der Waals surface area contributed by atoms with Crippen LogP contribution in [0.3, 0.4) is 0 Å². The molecular formula is C21H19N3O4S2. The van der Waals surface area contributed by atoms with Crippen LogP contribution in [0.1, 0.15) is 16.7 Å². The summed E-state index contributed by atoms with van der Waals surface area (Å²) < 4.78 is 28.8. The van der Waals surface area contributed by atoms with E-state index in [9.17, 15) is 18.0 Å². The van der Waals surface area contributed by atoms with Gasteiger partial charge >= 0.3 is 11.1 Å². The maximum Gasteiger partial charge on any atom is 0.314 e. The predicted octanol–water partition coefficient (Wildman–Crippen LogP) is 3.67. The Bertz CT molecular complexity index is 1470. The zero-order valence-electron chi connectivity index (χ0n) is 16.5. The second kappa shape index (κ2) is 7.26. The van der Waals surface area contributed by atoms with Gasteiger partial charge in [0, 0.05) is 5.69 Å². The van der Waals surface area contributed by atoms with Gasteiger partial charge in [-0.1, -0.05) is 0 Å². The average Bonchev–Trinajstić information content (AvgIpc) is 3.15. The highest BCUT2D eigenvalue weighted by Crippen LogP contribution is 2.32. The fourth-order valence-corrected chi connectivity index (χ4v) is 5.58. The molecule has 0 aliphatic rings. The summed E-state index contributed by atoms with van der Waals surface area (Å²) in [5.41, 5.74) is 4.00. The highest BCUT2D eigenvalue weighted by Gasteiger charge is 2.20. The minimum atomic E-state index is -3.92. The van der Waals surface area contributed by atoms with Crippen LogP contribution in [0.2, 0.25) is 0 Å². The van der Waals surface area contributed by atoms with Crippen molar-refractivity contribution in [3.8, 4) is 11.1 Å². The normalized spacial score (nSPS) is 11.7. The summed E-state index contributed by atoms with van der Waals surface area (Å²) >= 11 is 1.61. The molecule has 0 amide bonds. The van der Waals surface area contributed by atoms with Gasteiger partial charge in [0.2, 0.25) is 0 Å². The third-order valence-corrected chi connectivity index (χ3v) is 7.11. The van der Waals surface area contributed by atoms with Gasteiger partial charge in [-0.2, -0.15) is 11.3 Å². The number of benzene rings is 2. The summed E-state index contributed by atoms with van der Waals surface area (Å²) in [6, 6.07) is 8.51. The Morgan fingerprint density at radius 1 is 0.867 bits per heavy atom. The zero-order chi connectivity index (χ0) is 21.6. The molecule has 3 N–H and O–H groups in total. The Labute approximate surface area is 176 Å². The molecule has 0 saturated carbocycles. The largest absolute Gasteiger partial charge is 0.316 e. The number of hydrogen-bond acceptors (Lipinski definition) is 5. The van der Waals surface area contributed by atoms with Crippen LogP contribution in [-0.4, -0.2) is 18.4 Å². The van der Waals surface area contributed by atoms with E-state index in [-0.39, 0.29) is 10.4 Å².